The van der Waals surface area contributed by atoms with Crippen LogP contribution in [0.2, 0.25) is 0 Å². The van der Waals surface area contributed by atoms with E-state index < -0.39 is 10.0 Å². The summed E-state index contributed by atoms with van der Waals surface area (Å²) in [6.07, 6.45) is 4.93. The number of amides is 2. The summed E-state index contributed by atoms with van der Waals surface area (Å²) in [6, 6.07) is 5.46. The van der Waals surface area contributed by atoms with Crippen molar-refractivity contribution in [3.05, 3.63) is 18.2 Å². The molecule has 11 heteroatoms. The normalized spacial score (nSPS) is 20.9. The Morgan fingerprint density at radius 3 is 2.47 bits per heavy atom. The number of likely N-dealkylation sites (tertiary alicyclic amines) is 1. The van der Waals surface area contributed by atoms with E-state index in [2.05, 4.69) is 20.5 Å². The number of hydrogen-bond acceptors (Lipinski definition) is 7. The van der Waals surface area contributed by atoms with Crippen LogP contribution in [0.15, 0.2) is 18.2 Å². The maximum absolute atomic E-state index is 12.7. The van der Waals surface area contributed by atoms with Gasteiger partial charge >= 0.3 is 0 Å². The van der Waals surface area contributed by atoms with Crippen molar-refractivity contribution in [3.8, 4) is 0 Å². The number of sulfonamides is 1. The van der Waals surface area contributed by atoms with Crippen molar-refractivity contribution < 1.29 is 18.0 Å². The number of aromatic nitrogens is 1. The first-order chi connectivity index (χ1) is 15.9. The molecule has 1 aromatic carbocycles. The first-order valence-electron chi connectivity index (χ1n) is 11.5. The van der Waals surface area contributed by atoms with Gasteiger partial charge in [-0.3, -0.25) is 14.5 Å². The Kier molecular flexibility index (Phi) is 6.75. The molecule has 0 atom stereocenters. The SMILES string of the molecule is CC(=O)Nc1ccc2nc(NC(=O)CN3CCC4(CC3)CCC(C)(C)N(S(C)(=O)=O)C4)sc2c1. The first-order valence-corrected chi connectivity index (χ1v) is 14.2. The minimum Gasteiger partial charge on any atom is -0.326 e. The van der Waals surface area contributed by atoms with Crippen LogP contribution in [0.5, 0.6) is 0 Å². The smallest absolute Gasteiger partial charge is 0.240 e. The summed E-state index contributed by atoms with van der Waals surface area (Å²) in [5.41, 5.74) is 1.11. The van der Waals surface area contributed by atoms with E-state index in [9.17, 15) is 18.0 Å². The van der Waals surface area contributed by atoms with E-state index in [-0.39, 0.29) is 29.3 Å². The molecule has 0 aliphatic carbocycles. The monoisotopic (exact) mass is 507 g/mol. The van der Waals surface area contributed by atoms with Crippen LogP contribution < -0.4 is 10.6 Å². The molecule has 186 valence electrons. The molecule has 1 aromatic heterocycles. The van der Waals surface area contributed by atoms with Gasteiger partial charge in [0.15, 0.2) is 5.13 Å². The number of piperidine rings is 2. The van der Waals surface area contributed by atoms with Crippen molar-refractivity contribution in [3.63, 3.8) is 0 Å². The number of carbonyl (C=O) groups excluding carboxylic acids is 2. The van der Waals surface area contributed by atoms with E-state index in [0.717, 1.165) is 49.0 Å². The number of nitrogens with zero attached hydrogens (tertiary/aromatic N) is 3. The molecule has 2 aliphatic heterocycles. The second-order valence-corrected chi connectivity index (χ2v) is 13.2. The fourth-order valence-electron chi connectivity index (χ4n) is 5.07. The summed E-state index contributed by atoms with van der Waals surface area (Å²) in [5, 5.41) is 6.18. The number of carbonyl (C=O) groups is 2. The van der Waals surface area contributed by atoms with Crippen LogP contribution >= 0.6 is 11.3 Å². The van der Waals surface area contributed by atoms with Gasteiger partial charge in [0.25, 0.3) is 0 Å². The van der Waals surface area contributed by atoms with Crippen LogP contribution in [0.1, 0.15) is 46.5 Å². The van der Waals surface area contributed by atoms with Gasteiger partial charge in [-0.1, -0.05) is 11.3 Å². The van der Waals surface area contributed by atoms with E-state index in [4.69, 9.17) is 0 Å². The van der Waals surface area contributed by atoms with Gasteiger partial charge in [0.05, 0.1) is 23.0 Å². The van der Waals surface area contributed by atoms with Crippen LogP contribution in [-0.4, -0.2) is 72.4 Å². The maximum atomic E-state index is 12.7. The van der Waals surface area contributed by atoms with E-state index in [1.54, 1.807) is 10.4 Å². The number of hydrogen-bond donors (Lipinski definition) is 2. The third-order valence-corrected chi connectivity index (χ3v) is 9.42. The molecule has 2 aromatic rings. The quantitative estimate of drug-likeness (QED) is 0.643. The van der Waals surface area contributed by atoms with Crippen LogP contribution in [-0.2, 0) is 19.6 Å². The van der Waals surface area contributed by atoms with Crippen LogP contribution in [0.4, 0.5) is 10.8 Å². The fraction of sp³-hybridized carbons (Fsp3) is 0.609. The number of fused-ring (bicyclic) bond motifs is 1. The van der Waals surface area contributed by atoms with Crippen molar-refractivity contribution in [2.24, 2.45) is 5.41 Å². The molecule has 2 N–H and O–H groups in total. The molecule has 0 unspecified atom stereocenters. The molecule has 0 radical (unpaired) electrons. The molecule has 2 amide bonds. The highest BCUT2D eigenvalue weighted by molar-refractivity contribution is 7.88. The standard InChI is InChI=1S/C23H33N5O4S2/c1-16(29)24-17-5-6-18-19(13-17)33-21(25-18)26-20(30)14-27-11-9-23(10-12-27)8-7-22(2,3)28(15-23)34(4,31)32/h5-6,13H,7-12,14-15H2,1-4H3,(H,24,29)(H,25,26,30). The van der Waals surface area contributed by atoms with E-state index >= 15 is 0 Å². The predicted octanol–water partition coefficient (Wildman–Crippen LogP) is 3.11. The van der Waals surface area contributed by atoms with Gasteiger partial charge in [0, 0.05) is 24.7 Å². The number of anilines is 2. The topological polar surface area (TPSA) is 112 Å². The number of nitrogens with one attached hydrogen (secondary N) is 2. The molecule has 2 fully saturated rings. The van der Waals surface area contributed by atoms with E-state index in [1.165, 1.54) is 24.5 Å². The predicted molar refractivity (Wildman–Crippen MR) is 136 cm³/mol. The Morgan fingerprint density at radius 2 is 1.82 bits per heavy atom. The van der Waals surface area contributed by atoms with Crippen molar-refractivity contribution in [2.75, 3.05) is 43.1 Å². The number of thiazole rings is 1. The summed E-state index contributed by atoms with van der Waals surface area (Å²) in [5.74, 6) is -0.249. The van der Waals surface area contributed by atoms with E-state index in [1.807, 2.05) is 26.0 Å². The summed E-state index contributed by atoms with van der Waals surface area (Å²) in [4.78, 5) is 30.5. The molecule has 1 spiro atoms. The van der Waals surface area contributed by atoms with Crippen molar-refractivity contribution >= 4 is 54.2 Å². The summed E-state index contributed by atoms with van der Waals surface area (Å²) < 4.78 is 27.3. The largest absolute Gasteiger partial charge is 0.326 e. The maximum Gasteiger partial charge on any atom is 0.240 e. The van der Waals surface area contributed by atoms with Gasteiger partial charge in [0.1, 0.15) is 0 Å². The van der Waals surface area contributed by atoms with Gasteiger partial charge in [-0.15, -0.1) is 0 Å². The minimum absolute atomic E-state index is 0.00970. The molecule has 34 heavy (non-hydrogen) atoms. The summed E-state index contributed by atoms with van der Waals surface area (Å²) in [7, 11) is -3.27. The lowest BCUT2D eigenvalue weighted by Gasteiger charge is -2.52. The van der Waals surface area contributed by atoms with Crippen LogP contribution in [0.25, 0.3) is 10.2 Å². The van der Waals surface area contributed by atoms with Gasteiger partial charge in [0.2, 0.25) is 21.8 Å². The van der Waals surface area contributed by atoms with Crippen molar-refractivity contribution in [1.82, 2.24) is 14.2 Å². The van der Waals surface area contributed by atoms with Gasteiger partial charge in [-0.05, 0) is 76.2 Å². The summed E-state index contributed by atoms with van der Waals surface area (Å²) in [6.45, 7) is 7.85. The Hall–Kier alpha value is -2.08. The molecular formula is C23H33N5O4S2. The second kappa shape index (κ2) is 9.18. The molecule has 9 nitrogen and oxygen atoms in total. The zero-order chi connectivity index (χ0) is 24.7. The molecule has 3 heterocycles. The summed E-state index contributed by atoms with van der Waals surface area (Å²) >= 11 is 1.37. The van der Waals surface area contributed by atoms with Crippen LogP contribution in [0, 0.1) is 5.41 Å². The van der Waals surface area contributed by atoms with Crippen molar-refractivity contribution in [2.45, 2.75) is 52.0 Å². The lowest BCUT2D eigenvalue weighted by Crippen LogP contribution is -2.58. The van der Waals surface area contributed by atoms with Gasteiger partial charge in [-0.2, -0.15) is 4.31 Å². The Labute approximate surface area is 205 Å². The molecule has 4 rings (SSSR count). The highest BCUT2D eigenvalue weighted by Gasteiger charge is 2.47. The average Bonchev–Trinajstić information content (AvgIpc) is 3.12. The van der Waals surface area contributed by atoms with Gasteiger partial charge < -0.3 is 10.6 Å². The average molecular weight is 508 g/mol. The molecular weight excluding hydrogens is 474 g/mol. The van der Waals surface area contributed by atoms with Gasteiger partial charge in [-0.25, -0.2) is 13.4 Å². The van der Waals surface area contributed by atoms with E-state index in [0.29, 0.717) is 17.4 Å². The number of rotatable bonds is 5. The molecule has 2 saturated heterocycles. The third-order valence-electron chi connectivity index (χ3n) is 7.06. The molecule has 0 saturated carbocycles. The Morgan fingerprint density at radius 1 is 1.12 bits per heavy atom. The van der Waals surface area contributed by atoms with Crippen molar-refractivity contribution in [1.29, 1.82) is 0 Å². The Bertz CT molecular complexity index is 1200. The highest BCUT2D eigenvalue weighted by atomic mass is 32.2. The zero-order valence-corrected chi connectivity index (χ0v) is 21.8. The Balaban J connectivity index is 1.33. The zero-order valence-electron chi connectivity index (χ0n) is 20.2. The lowest BCUT2D eigenvalue weighted by molar-refractivity contribution is -0.118. The second-order valence-electron chi connectivity index (χ2n) is 10.3. The molecule has 0 bridgehead atoms. The fourth-order valence-corrected chi connectivity index (χ4v) is 7.49. The lowest BCUT2D eigenvalue weighted by atomic mass is 9.69. The number of benzene rings is 1. The highest BCUT2D eigenvalue weighted by Crippen LogP contribution is 2.45. The van der Waals surface area contributed by atoms with Crippen LogP contribution in [0.3, 0.4) is 0 Å². The first kappa shape index (κ1) is 25.0. The third kappa shape index (κ3) is 5.59. The minimum atomic E-state index is -3.27. The molecule has 2 aliphatic rings.